The van der Waals surface area contributed by atoms with Crippen molar-refractivity contribution in [3.63, 3.8) is 0 Å². The molecular weight excluding hydrogens is 476 g/mol. The normalized spacial score (nSPS) is 11.2. The van der Waals surface area contributed by atoms with Crippen molar-refractivity contribution < 1.29 is 17.9 Å². The van der Waals surface area contributed by atoms with E-state index in [1.807, 2.05) is 61.0 Å². The number of sulfonamides is 1. The molecule has 1 aromatic heterocycles. The Kier molecular flexibility index (Phi) is 7.70. The second-order valence-electron chi connectivity index (χ2n) is 8.13. The predicted octanol–water partition coefficient (Wildman–Crippen LogP) is 4.09. The van der Waals surface area contributed by atoms with Gasteiger partial charge in [0, 0.05) is 18.9 Å². The lowest BCUT2D eigenvalue weighted by atomic mass is 10.1. The van der Waals surface area contributed by atoms with Crippen LogP contribution in [0.5, 0.6) is 5.75 Å². The first kappa shape index (κ1) is 25.0. The number of hydrogen-bond acceptors (Lipinski definition) is 5. The zero-order chi connectivity index (χ0) is 25.5. The number of nitrogens with zero attached hydrogens (tertiary/aromatic N) is 3. The molecule has 0 aliphatic rings. The number of benzene rings is 3. The first-order valence-corrected chi connectivity index (χ1v) is 13.0. The van der Waals surface area contributed by atoms with E-state index >= 15 is 0 Å². The van der Waals surface area contributed by atoms with Gasteiger partial charge in [0.15, 0.2) is 0 Å². The molecule has 0 fully saturated rings. The molecule has 0 radical (unpaired) electrons. The lowest BCUT2D eigenvalue weighted by Crippen LogP contribution is -2.40. The highest BCUT2D eigenvalue weighted by Gasteiger charge is 2.27. The van der Waals surface area contributed by atoms with Gasteiger partial charge >= 0.3 is 0 Å². The predicted molar refractivity (Wildman–Crippen MR) is 139 cm³/mol. The van der Waals surface area contributed by atoms with E-state index in [2.05, 4.69) is 10.3 Å². The van der Waals surface area contributed by atoms with Crippen LogP contribution in [-0.4, -0.2) is 37.0 Å². The van der Waals surface area contributed by atoms with Crippen LogP contribution in [0.1, 0.15) is 18.1 Å². The molecule has 1 heterocycles. The summed E-state index contributed by atoms with van der Waals surface area (Å²) in [4.78, 5) is 17.2. The quantitative estimate of drug-likeness (QED) is 0.351. The number of nitrogens with one attached hydrogen (secondary N) is 1. The van der Waals surface area contributed by atoms with Crippen molar-refractivity contribution in [2.45, 2.75) is 25.3 Å². The highest BCUT2D eigenvalue weighted by Crippen LogP contribution is 2.25. The topological polar surface area (TPSA) is 93.5 Å². The fourth-order valence-electron chi connectivity index (χ4n) is 3.72. The van der Waals surface area contributed by atoms with Gasteiger partial charge in [-0.15, -0.1) is 0 Å². The number of para-hydroxylation sites is 1. The molecule has 1 amide bonds. The minimum atomic E-state index is -4.02. The van der Waals surface area contributed by atoms with Gasteiger partial charge in [-0.3, -0.25) is 9.10 Å². The van der Waals surface area contributed by atoms with Crippen molar-refractivity contribution >= 4 is 21.6 Å². The highest BCUT2D eigenvalue weighted by molar-refractivity contribution is 7.92. The minimum absolute atomic E-state index is 0.0739. The summed E-state index contributed by atoms with van der Waals surface area (Å²) in [6.45, 7) is 4.12. The van der Waals surface area contributed by atoms with E-state index < -0.39 is 15.9 Å². The number of amides is 1. The van der Waals surface area contributed by atoms with Gasteiger partial charge < -0.3 is 14.6 Å². The van der Waals surface area contributed by atoms with Crippen LogP contribution in [0.15, 0.2) is 96.4 Å². The fraction of sp³-hybridized carbons (Fsp3) is 0.185. The molecule has 0 bridgehead atoms. The Balaban J connectivity index is 1.56. The zero-order valence-electron chi connectivity index (χ0n) is 20.2. The smallest absolute Gasteiger partial charge is 0.264 e. The Hall–Kier alpha value is -4.11. The van der Waals surface area contributed by atoms with Gasteiger partial charge in [0.25, 0.3) is 10.0 Å². The van der Waals surface area contributed by atoms with E-state index in [1.165, 1.54) is 12.1 Å². The van der Waals surface area contributed by atoms with Gasteiger partial charge in [-0.25, -0.2) is 13.4 Å². The molecule has 8 nitrogen and oxygen atoms in total. The highest BCUT2D eigenvalue weighted by atomic mass is 32.2. The third-order valence-electron chi connectivity index (χ3n) is 5.58. The number of imidazole rings is 1. The van der Waals surface area contributed by atoms with Crippen LogP contribution in [0.4, 0.5) is 5.69 Å². The van der Waals surface area contributed by atoms with E-state index in [-0.39, 0.29) is 18.0 Å². The number of rotatable bonds is 10. The summed E-state index contributed by atoms with van der Waals surface area (Å²) in [6, 6.07) is 20.8. The molecule has 186 valence electrons. The Morgan fingerprint density at radius 1 is 1.03 bits per heavy atom. The number of hydrogen-bond donors (Lipinski definition) is 1. The van der Waals surface area contributed by atoms with Gasteiger partial charge in [-0.05, 0) is 61.9 Å². The van der Waals surface area contributed by atoms with E-state index in [4.69, 9.17) is 4.74 Å². The summed E-state index contributed by atoms with van der Waals surface area (Å²) in [7, 11) is -4.02. The monoisotopic (exact) mass is 504 g/mol. The molecular formula is C27H28N4O4S. The van der Waals surface area contributed by atoms with E-state index in [0.29, 0.717) is 18.0 Å². The Bertz CT molecular complexity index is 1400. The van der Waals surface area contributed by atoms with Crippen molar-refractivity contribution in [3.05, 3.63) is 103 Å². The van der Waals surface area contributed by atoms with Gasteiger partial charge in [-0.2, -0.15) is 0 Å². The summed E-state index contributed by atoms with van der Waals surface area (Å²) in [6.07, 6.45) is 5.19. The lowest BCUT2D eigenvalue weighted by molar-refractivity contribution is -0.119. The molecule has 0 saturated heterocycles. The molecule has 0 saturated carbocycles. The molecule has 0 unspecified atom stereocenters. The van der Waals surface area contributed by atoms with E-state index in [9.17, 15) is 13.2 Å². The zero-order valence-corrected chi connectivity index (χ0v) is 21.0. The summed E-state index contributed by atoms with van der Waals surface area (Å²) in [5.74, 6) is 0.151. The SMILES string of the molecule is CCOc1ccc(S(=O)(=O)N(CC(=O)NCc2ccccc2-n2ccnc2)c2ccc(C)cc2)cc1. The van der Waals surface area contributed by atoms with Crippen LogP contribution < -0.4 is 14.4 Å². The van der Waals surface area contributed by atoms with Crippen molar-refractivity contribution in [2.75, 3.05) is 17.5 Å². The molecule has 0 spiro atoms. The summed E-state index contributed by atoms with van der Waals surface area (Å²) in [5.41, 5.74) is 3.15. The third-order valence-corrected chi connectivity index (χ3v) is 7.37. The standard InChI is InChI=1S/C27H28N4O4S/c1-3-35-24-12-14-25(15-13-24)36(33,34)31(23-10-8-21(2)9-11-23)19-27(32)29-18-22-6-4-5-7-26(22)30-17-16-28-20-30/h4-17,20H,3,18-19H2,1-2H3,(H,29,32). The molecule has 4 aromatic rings. The summed E-state index contributed by atoms with van der Waals surface area (Å²) >= 11 is 0. The molecule has 0 aliphatic carbocycles. The molecule has 3 aromatic carbocycles. The second-order valence-corrected chi connectivity index (χ2v) is 9.99. The first-order valence-electron chi connectivity index (χ1n) is 11.5. The number of carbonyl (C=O) groups excluding carboxylic acids is 1. The van der Waals surface area contributed by atoms with Crippen molar-refractivity contribution in [1.82, 2.24) is 14.9 Å². The van der Waals surface area contributed by atoms with Crippen LogP contribution in [0, 0.1) is 6.92 Å². The summed E-state index contributed by atoms with van der Waals surface area (Å²) < 4.78 is 35.6. The molecule has 9 heteroatoms. The molecule has 1 N–H and O–H groups in total. The van der Waals surface area contributed by atoms with Gasteiger partial charge in [0.2, 0.25) is 5.91 Å². The average Bonchev–Trinajstić information content (AvgIpc) is 3.42. The molecule has 0 atom stereocenters. The molecule has 4 rings (SSSR count). The maximum absolute atomic E-state index is 13.6. The average molecular weight is 505 g/mol. The number of aromatic nitrogens is 2. The second kappa shape index (κ2) is 11.1. The largest absolute Gasteiger partial charge is 0.494 e. The van der Waals surface area contributed by atoms with Crippen LogP contribution in [0.3, 0.4) is 0 Å². The van der Waals surface area contributed by atoms with E-state index in [0.717, 1.165) is 21.1 Å². The number of carbonyl (C=O) groups is 1. The third kappa shape index (κ3) is 5.75. The van der Waals surface area contributed by atoms with Crippen molar-refractivity contribution in [1.29, 1.82) is 0 Å². The van der Waals surface area contributed by atoms with Gasteiger partial charge in [0.05, 0.1) is 29.2 Å². The maximum Gasteiger partial charge on any atom is 0.264 e. The maximum atomic E-state index is 13.6. The number of anilines is 1. The number of aryl methyl sites for hydroxylation is 1. The molecule has 36 heavy (non-hydrogen) atoms. The number of ether oxygens (including phenoxy) is 1. The van der Waals surface area contributed by atoms with E-state index in [1.54, 1.807) is 36.8 Å². The van der Waals surface area contributed by atoms with Crippen LogP contribution in [-0.2, 0) is 21.4 Å². The van der Waals surface area contributed by atoms with Crippen LogP contribution >= 0.6 is 0 Å². The Morgan fingerprint density at radius 2 is 1.75 bits per heavy atom. The van der Waals surface area contributed by atoms with Gasteiger partial charge in [-0.1, -0.05) is 35.9 Å². The Morgan fingerprint density at radius 3 is 2.42 bits per heavy atom. The van der Waals surface area contributed by atoms with Crippen LogP contribution in [0.2, 0.25) is 0 Å². The summed E-state index contributed by atoms with van der Waals surface area (Å²) in [5, 5.41) is 2.86. The first-order chi connectivity index (χ1) is 17.4. The minimum Gasteiger partial charge on any atom is -0.494 e. The van der Waals surface area contributed by atoms with Crippen LogP contribution in [0.25, 0.3) is 5.69 Å². The fourth-order valence-corrected chi connectivity index (χ4v) is 5.14. The van der Waals surface area contributed by atoms with Gasteiger partial charge in [0.1, 0.15) is 12.3 Å². The lowest BCUT2D eigenvalue weighted by Gasteiger charge is -2.24. The Labute approximate surface area is 211 Å². The molecule has 0 aliphatic heterocycles. The van der Waals surface area contributed by atoms with Crippen molar-refractivity contribution in [2.24, 2.45) is 0 Å². The van der Waals surface area contributed by atoms with Crippen molar-refractivity contribution in [3.8, 4) is 11.4 Å².